The molecule has 6 nitrogen and oxygen atoms in total. The second kappa shape index (κ2) is 5.66. The van der Waals surface area contributed by atoms with Crippen molar-refractivity contribution in [2.45, 2.75) is 25.7 Å². The molecular formula is C13H15ClN2O4. The van der Waals surface area contributed by atoms with Crippen LogP contribution in [0.3, 0.4) is 0 Å². The van der Waals surface area contributed by atoms with E-state index in [0.717, 1.165) is 12.8 Å². The molecule has 0 aliphatic heterocycles. The molecule has 0 spiro atoms. The third-order valence-corrected chi connectivity index (χ3v) is 4.02. The summed E-state index contributed by atoms with van der Waals surface area (Å²) in [6.45, 7) is 0.170. The van der Waals surface area contributed by atoms with Crippen LogP contribution in [0.2, 0.25) is 5.02 Å². The molecule has 1 saturated carbocycles. The lowest BCUT2D eigenvalue weighted by atomic mass is 9.86. The number of rotatable bonds is 5. The lowest BCUT2D eigenvalue weighted by molar-refractivity contribution is -0.384. The Labute approximate surface area is 120 Å². The van der Waals surface area contributed by atoms with Crippen LogP contribution in [0.15, 0.2) is 18.2 Å². The Bertz CT molecular complexity index is 541. The van der Waals surface area contributed by atoms with Crippen LogP contribution in [0.1, 0.15) is 25.7 Å². The molecule has 0 aromatic heterocycles. The molecule has 1 aromatic rings. The van der Waals surface area contributed by atoms with Crippen molar-refractivity contribution in [3.63, 3.8) is 0 Å². The molecule has 0 atom stereocenters. The second-order valence-electron chi connectivity index (χ2n) is 5.06. The van der Waals surface area contributed by atoms with E-state index in [9.17, 15) is 20.0 Å². The van der Waals surface area contributed by atoms with E-state index in [1.165, 1.54) is 18.2 Å². The van der Waals surface area contributed by atoms with Crippen molar-refractivity contribution >= 4 is 28.9 Å². The zero-order chi connectivity index (χ0) is 14.8. The quantitative estimate of drug-likeness (QED) is 0.642. The van der Waals surface area contributed by atoms with E-state index in [1.54, 1.807) is 0 Å². The predicted octanol–water partition coefficient (Wildman–Crippen LogP) is 3.31. The van der Waals surface area contributed by atoms with Gasteiger partial charge in [0.2, 0.25) is 0 Å². The van der Waals surface area contributed by atoms with Crippen molar-refractivity contribution in [1.29, 1.82) is 0 Å². The van der Waals surface area contributed by atoms with Gasteiger partial charge >= 0.3 is 5.97 Å². The summed E-state index contributed by atoms with van der Waals surface area (Å²) >= 11 is 5.84. The number of anilines is 1. The molecule has 1 aromatic carbocycles. The molecule has 108 valence electrons. The van der Waals surface area contributed by atoms with Gasteiger partial charge in [0, 0.05) is 17.6 Å². The number of nitro benzene ring substituents is 1. The van der Waals surface area contributed by atoms with Crippen LogP contribution in [0.4, 0.5) is 11.4 Å². The summed E-state index contributed by atoms with van der Waals surface area (Å²) in [6.07, 6.45) is 2.91. The summed E-state index contributed by atoms with van der Waals surface area (Å²) in [6, 6.07) is 4.20. The molecule has 7 heteroatoms. The monoisotopic (exact) mass is 298 g/mol. The fraction of sp³-hybridized carbons (Fsp3) is 0.462. The summed E-state index contributed by atoms with van der Waals surface area (Å²) < 4.78 is 0. The van der Waals surface area contributed by atoms with Gasteiger partial charge in [-0.15, -0.1) is 0 Å². The molecule has 0 amide bonds. The van der Waals surface area contributed by atoms with Crippen LogP contribution in [-0.2, 0) is 4.79 Å². The van der Waals surface area contributed by atoms with Gasteiger partial charge in [-0.2, -0.15) is 0 Å². The molecule has 2 N–H and O–H groups in total. The Kier molecular flexibility index (Phi) is 4.13. The van der Waals surface area contributed by atoms with E-state index >= 15 is 0 Å². The van der Waals surface area contributed by atoms with Gasteiger partial charge in [-0.1, -0.05) is 24.4 Å². The average molecular weight is 299 g/mol. The number of hydrogen-bond acceptors (Lipinski definition) is 4. The topological polar surface area (TPSA) is 92.5 Å². The molecule has 1 aliphatic carbocycles. The van der Waals surface area contributed by atoms with Gasteiger partial charge < -0.3 is 10.4 Å². The zero-order valence-corrected chi connectivity index (χ0v) is 11.5. The maximum atomic E-state index is 11.4. The third-order valence-electron chi connectivity index (χ3n) is 3.79. The fourth-order valence-electron chi connectivity index (χ4n) is 2.59. The largest absolute Gasteiger partial charge is 0.481 e. The number of benzene rings is 1. The summed E-state index contributed by atoms with van der Waals surface area (Å²) in [4.78, 5) is 21.9. The molecular weight excluding hydrogens is 284 g/mol. The van der Waals surface area contributed by atoms with E-state index in [0.29, 0.717) is 17.9 Å². The van der Waals surface area contributed by atoms with E-state index in [4.69, 9.17) is 11.6 Å². The number of halogens is 1. The minimum Gasteiger partial charge on any atom is -0.481 e. The Morgan fingerprint density at radius 3 is 2.65 bits per heavy atom. The minimum absolute atomic E-state index is 0.104. The number of nitro groups is 1. The standard InChI is InChI=1S/C13H15ClN2O4/c14-9-3-4-11(16(19)20)10(7-9)15-8-13(12(17)18)5-1-2-6-13/h3-4,7,15H,1-2,5-6,8H2,(H,17,18). The van der Waals surface area contributed by atoms with Gasteiger partial charge in [0.15, 0.2) is 0 Å². The summed E-state index contributed by atoms with van der Waals surface area (Å²) in [7, 11) is 0. The number of nitrogens with one attached hydrogen (secondary N) is 1. The lowest BCUT2D eigenvalue weighted by Gasteiger charge is -2.24. The van der Waals surface area contributed by atoms with Crippen molar-refractivity contribution < 1.29 is 14.8 Å². The number of hydrogen-bond donors (Lipinski definition) is 2. The van der Waals surface area contributed by atoms with Gasteiger partial charge in [-0.25, -0.2) is 0 Å². The highest BCUT2D eigenvalue weighted by molar-refractivity contribution is 6.31. The summed E-state index contributed by atoms with van der Waals surface area (Å²) in [5, 5.41) is 23.6. The van der Waals surface area contributed by atoms with Crippen LogP contribution < -0.4 is 5.32 Å². The number of carboxylic acid groups (broad SMARTS) is 1. The summed E-state index contributed by atoms with van der Waals surface area (Å²) in [5.41, 5.74) is -0.682. The van der Waals surface area contributed by atoms with Crippen LogP contribution in [0.5, 0.6) is 0 Å². The van der Waals surface area contributed by atoms with Gasteiger partial charge in [0.25, 0.3) is 5.69 Å². The van der Waals surface area contributed by atoms with Crippen molar-refractivity contribution in [1.82, 2.24) is 0 Å². The lowest BCUT2D eigenvalue weighted by Crippen LogP contribution is -2.35. The van der Waals surface area contributed by atoms with Crippen molar-refractivity contribution in [2.24, 2.45) is 5.41 Å². The molecule has 1 aliphatic rings. The number of nitrogens with zero attached hydrogens (tertiary/aromatic N) is 1. The van der Waals surface area contributed by atoms with E-state index in [1.807, 2.05) is 0 Å². The number of carbonyl (C=O) groups is 1. The molecule has 20 heavy (non-hydrogen) atoms. The Balaban J connectivity index is 2.20. The van der Waals surface area contributed by atoms with Gasteiger partial charge in [-0.3, -0.25) is 14.9 Å². The Hall–Kier alpha value is -1.82. The highest BCUT2D eigenvalue weighted by Gasteiger charge is 2.41. The van der Waals surface area contributed by atoms with Gasteiger partial charge in [0.05, 0.1) is 10.3 Å². The fourth-order valence-corrected chi connectivity index (χ4v) is 2.76. The van der Waals surface area contributed by atoms with Crippen molar-refractivity contribution in [3.8, 4) is 0 Å². The van der Waals surface area contributed by atoms with Gasteiger partial charge in [0.1, 0.15) is 5.69 Å². The van der Waals surface area contributed by atoms with Crippen molar-refractivity contribution in [3.05, 3.63) is 33.3 Å². The third kappa shape index (κ3) is 2.85. The smallest absolute Gasteiger partial charge is 0.311 e. The maximum Gasteiger partial charge on any atom is 0.311 e. The molecule has 2 rings (SSSR count). The molecule has 0 unspecified atom stereocenters. The highest BCUT2D eigenvalue weighted by atomic mass is 35.5. The molecule has 1 fully saturated rings. The van der Waals surface area contributed by atoms with E-state index < -0.39 is 16.3 Å². The zero-order valence-electron chi connectivity index (χ0n) is 10.8. The van der Waals surface area contributed by atoms with Crippen LogP contribution in [0.25, 0.3) is 0 Å². The minimum atomic E-state index is -0.854. The van der Waals surface area contributed by atoms with Crippen LogP contribution in [-0.4, -0.2) is 22.5 Å². The Morgan fingerprint density at radius 1 is 1.45 bits per heavy atom. The summed E-state index contributed by atoms with van der Waals surface area (Å²) in [5.74, 6) is -0.854. The first-order valence-corrected chi connectivity index (χ1v) is 6.74. The average Bonchev–Trinajstić information content (AvgIpc) is 2.86. The molecule has 0 radical (unpaired) electrons. The first-order valence-electron chi connectivity index (χ1n) is 6.36. The predicted molar refractivity (Wildman–Crippen MR) is 75.1 cm³/mol. The van der Waals surface area contributed by atoms with Crippen LogP contribution in [0, 0.1) is 15.5 Å². The number of carboxylic acids is 1. The molecule has 0 saturated heterocycles. The Morgan fingerprint density at radius 2 is 2.10 bits per heavy atom. The first-order chi connectivity index (χ1) is 9.44. The highest BCUT2D eigenvalue weighted by Crippen LogP contribution is 2.39. The maximum absolute atomic E-state index is 11.4. The first kappa shape index (κ1) is 14.6. The number of aliphatic carboxylic acids is 1. The van der Waals surface area contributed by atoms with E-state index in [-0.39, 0.29) is 17.9 Å². The van der Waals surface area contributed by atoms with E-state index in [2.05, 4.69) is 5.32 Å². The SMILES string of the molecule is O=C(O)C1(CNc2cc(Cl)ccc2[N+](=O)[O-])CCCC1. The normalized spacial score (nSPS) is 16.9. The van der Waals surface area contributed by atoms with Crippen LogP contribution >= 0.6 is 11.6 Å². The van der Waals surface area contributed by atoms with Crippen molar-refractivity contribution in [2.75, 3.05) is 11.9 Å². The second-order valence-corrected chi connectivity index (χ2v) is 5.50. The van der Waals surface area contributed by atoms with Gasteiger partial charge in [-0.05, 0) is 25.0 Å². The molecule has 0 heterocycles. The molecule has 0 bridgehead atoms.